The van der Waals surface area contributed by atoms with Crippen LogP contribution >= 0.6 is 0 Å². The van der Waals surface area contributed by atoms with Crippen molar-refractivity contribution in [2.24, 2.45) is 0 Å². The van der Waals surface area contributed by atoms with E-state index in [4.69, 9.17) is 0 Å². The average Bonchev–Trinajstić information content (AvgIpc) is 3.17. The number of amides is 1. The molecule has 1 aliphatic carbocycles. The molecule has 29 heavy (non-hydrogen) atoms. The fraction of sp³-hybridized carbons (Fsp3) is 0.333. The van der Waals surface area contributed by atoms with E-state index in [2.05, 4.69) is 15.2 Å². The Morgan fingerprint density at radius 3 is 2.79 bits per heavy atom. The number of carbonyl (C=O) groups is 1. The molecular formula is C24H24FN3O. The summed E-state index contributed by atoms with van der Waals surface area (Å²) in [6.45, 7) is 1.84. The number of nitrogens with one attached hydrogen (secondary N) is 1. The van der Waals surface area contributed by atoms with E-state index in [1.54, 1.807) is 18.3 Å². The molecule has 148 valence electrons. The summed E-state index contributed by atoms with van der Waals surface area (Å²) in [5.41, 5.74) is 3.91. The molecule has 1 amide bonds. The van der Waals surface area contributed by atoms with Crippen LogP contribution in [0, 0.1) is 5.82 Å². The zero-order chi connectivity index (χ0) is 19.8. The Hall–Kier alpha value is -2.79. The third-order valence-electron chi connectivity index (χ3n) is 6.33. The van der Waals surface area contributed by atoms with Gasteiger partial charge in [-0.3, -0.25) is 14.7 Å². The molecule has 1 aliphatic heterocycles. The number of hydrogen-bond donors (Lipinski definition) is 1. The van der Waals surface area contributed by atoms with Crippen LogP contribution in [0.25, 0.3) is 10.9 Å². The molecule has 1 fully saturated rings. The normalized spacial score (nSPS) is 20.0. The summed E-state index contributed by atoms with van der Waals surface area (Å²) < 4.78 is 13.7. The molecule has 5 rings (SSSR count). The summed E-state index contributed by atoms with van der Waals surface area (Å²) >= 11 is 0. The topological polar surface area (TPSA) is 45.2 Å². The van der Waals surface area contributed by atoms with Gasteiger partial charge in [0.25, 0.3) is 5.91 Å². The first-order valence-corrected chi connectivity index (χ1v) is 10.4. The SMILES string of the molecule is O=C(NC1CCN(C2CCc3ccc(F)cc32)CC1)c1ccc2cccnc2c1. The second-order valence-electron chi connectivity index (χ2n) is 8.09. The maximum atomic E-state index is 13.7. The van der Waals surface area contributed by atoms with Crippen LogP contribution in [0.15, 0.2) is 54.7 Å². The molecule has 1 N–H and O–H groups in total. The van der Waals surface area contributed by atoms with Crippen molar-refractivity contribution >= 4 is 16.8 Å². The molecule has 0 radical (unpaired) electrons. The number of nitrogens with zero attached hydrogens (tertiary/aromatic N) is 2. The van der Waals surface area contributed by atoms with Gasteiger partial charge in [-0.25, -0.2) is 4.39 Å². The third-order valence-corrected chi connectivity index (χ3v) is 6.33. The smallest absolute Gasteiger partial charge is 0.251 e. The standard InChI is InChI=1S/C24H24FN3O/c25-19-7-5-16-6-8-23(21(16)15-19)28-12-9-20(10-13-28)27-24(29)18-4-3-17-2-1-11-26-22(17)14-18/h1-5,7,11,14-15,20,23H,6,8-10,12-13H2,(H,27,29). The number of carbonyl (C=O) groups excluding carboxylic acids is 1. The Balaban J connectivity index is 1.21. The van der Waals surface area contributed by atoms with Crippen molar-refractivity contribution in [3.63, 3.8) is 0 Å². The summed E-state index contributed by atoms with van der Waals surface area (Å²) in [6.07, 6.45) is 5.65. The molecular weight excluding hydrogens is 365 g/mol. The molecule has 2 heterocycles. The van der Waals surface area contributed by atoms with E-state index in [-0.39, 0.29) is 17.8 Å². The Morgan fingerprint density at radius 2 is 1.93 bits per heavy atom. The number of halogens is 1. The van der Waals surface area contributed by atoms with Gasteiger partial charge in [-0.05, 0) is 67.1 Å². The van der Waals surface area contributed by atoms with E-state index < -0.39 is 0 Å². The fourth-order valence-corrected chi connectivity index (χ4v) is 4.76. The van der Waals surface area contributed by atoms with Gasteiger partial charge < -0.3 is 5.32 Å². The minimum Gasteiger partial charge on any atom is -0.349 e. The van der Waals surface area contributed by atoms with Gasteiger partial charge in [-0.15, -0.1) is 0 Å². The molecule has 1 aromatic heterocycles. The van der Waals surface area contributed by atoms with Crippen molar-refractivity contribution < 1.29 is 9.18 Å². The quantitative estimate of drug-likeness (QED) is 0.728. The Bertz CT molecular complexity index is 1060. The van der Waals surface area contributed by atoms with Crippen molar-refractivity contribution in [2.75, 3.05) is 13.1 Å². The number of aromatic nitrogens is 1. The highest BCUT2D eigenvalue weighted by Crippen LogP contribution is 2.37. The van der Waals surface area contributed by atoms with Crippen LogP contribution in [0.2, 0.25) is 0 Å². The van der Waals surface area contributed by atoms with Crippen molar-refractivity contribution in [1.29, 1.82) is 0 Å². The number of likely N-dealkylation sites (tertiary alicyclic amines) is 1. The lowest BCUT2D eigenvalue weighted by atomic mass is 9.99. The molecule has 0 bridgehead atoms. The summed E-state index contributed by atoms with van der Waals surface area (Å²) in [4.78, 5) is 19.5. The van der Waals surface area contributed by atoms with E-state index in [0.29, 0.717) is 11.6 Å². The number of piperidine rings is 1. The minimum atomic E-state index is -0.150. The lowest BCUT2D eigenvalue weighted by molar-refractivity contribution is 0.0890. The van der Waals surface area contributed by atoms with Crippen LogP contribution in [0.5, 0.6) is 0 Å². The fourth-order valence-electron chi connectivity index (χ4n) is 4.76. The number of hydrogen-bond acceptors (Lipinski definition) is 3. The predicted octanol–water partition coefficient (Wildman–Crippen LogP) is 4.26. The van der Waals surface area contributed by atoms with Gasteiger partial charge in [-0.2, -0.15) is 0 Å². The number of benzene rings is 2. The number of fused-ring (bicyclic) bond motifs is 2. The molecule has 5 heteroatoms. The average molecular weight is 389 g/mol. The second-order valence-corrected chi connectivity index (χ2v) is 8.09. The van der Waals surface area contributed by atoms with Gasteiger partial charge >= 0.3 is 0 Å². The van der Waals surface area contributed by atoms with E-state index >= 15 is 0 Å². The van der Waals surface area contributed by atoms with Crippen molar-refractivity contribution in [1.82, 2.24) is 15.2 Å². The summed E-state index contributed by atoms with van der Waals surface area (Å²) in [6, 6.07) is 15.2. The Morgan fingerprint density at radius 1 is 1.07 bits per heavy atom. The molecule has 2 aliphatic rings. The van der Waals surface area contributed by atoms with Gasteiger partial charge in [0.15, 0.2) is 0 Å². The Labute approximate surface area is 169 Å². The molecule has 1 saturated heterocycles. The van der Waals surface area contributed by atoms with Crippen LogP contribution < -0.4 is 5.32 Å². The molecule has 2 aromatic carbocycles. The monoisotopic (exact) mass is 389 g/mol. The lowest BCUT2D eigenvalue weighted by Gasteiger charge is -2.36. The maximum Gasteiger partial charge on any atom is 0.251 e. The molecule has 4 nitrogen and oxygen atoms in total. The van der Waals surface area contributed by atoms with Crippen LogP contribution in [-0.2, 0) is 6.42 Å². The van der Waals surface area contributed by atoms with Crippen molar-refractivity contribution in [3.8, 4) is 0 Å². The minimum absolute atomic E-state index is 0.0377. The van der Waals surface area contributed by atoms with E-state index in [1.165, 1.54) is 5.56 Å². The molecule has 0 spiro atoms. The number of rotatable bonds is 3. The Kier molecular flexibility index (Phi) is 4.76. The molecule has 3 aromatic rings. The van der Waals surface area contributed by atoms with E-state index in [1.807, 2.05) is 36.4 Å². The predicted molar refractivity (Wildman–Crippen MR) is 111 cm³/mol. The van der Waals surface area contributed by atoms with E-state index in [9.17, 15) is 9.18 Å². The van der Waals surface area contributed by atoms with Crippen LogP contribution in [-0.4, -0.2) is 34.9 Å². The van der Waals surface area contributed by atoms with Gasteiger partial charge in [0.05, 0.1) is 5.52 Å². The summed E-state index contributed by atoms with van der Waals surface area (Å²) in [5.74, 6) is -0.188. The van der Waals surface area contributed by atoms with Crippen molar-refractivity contribution in [3.05, 3.63) is 77.2 Å². The van der Waals surface area contributed by atoms with Crippen LogP contribution in [0.4, 0.5) is 4.39 Å². The zero-order valence-corrected chi connectivity index (χ0v) is 16.3. The van der Waals surface area contributed by atoms with Gasteiger partial charge in [0.1, 0.15) is 5.82 Å². The summed E-state index contributed by atoms with van der Waals surface area (Å²) in [5, 5.41) is 4.22. The number of pyridine rings is 1. The highest BCUT2D eigenvalue weighted by atomic mass is 19.1. The maximum absolute atomic E-state index is 13.7. The first kappa shape index (κ1) is 18.3. The molecule has 1 atom stereocenters. The van der Waals surface area contributed by atoms with Crippen molar-refractivity contribution in [2.45, 2.75) is 37.8 Å². The summed E-state index contributed by atoms with van der Waals surface area (Å²) in [7, 11) is 0. The molecule has 1 unspecified atom stereocenters. The van der Waals surface area contributed by atoms with Crippen LogP contribution in [0.1, 0.15) is 46.8 Å². The first-order chi connectivity index (χ1) is 14.2. The number of aryl methyl sites for hydroxylation is 1. The van der Waals surface area contributed by atoms with Crippen LogP contribution in [0.3, 0.4) is 0 Å². The third kappa shape index (κ3) is 3.62. The molecule has 0 saturated carbocycles. The lowest BCUT2D eigenvalue weighted by Crippen LogP contribution is -2.45. The first-order valence-electron chi connectivity index (χ1n) is 10.4. The highest BCUT2D eigenvalue weighted by Gasteiger charge is 2.31. The zero-order valence-electron chi connectivity index (χ0n) is 16.3. The van der Waals surface area contributed by atoms with E-state index in [0.717, 1.165) is 55.2 Å². The van der Waals surface area contributed by atoms with Gasteiger partial charge in [0.2, 0.25) is 0 Å². The van der Waals surface area contributed by atoms with Gasteiger partial charge in [0, 0.05) is 42.3 Å². The largest absolute Gasteiger partial charge is 0.349 e. The van der Waals surface area contributed by atoms with Gasteiger partial charge in [-0.1, -0.05) is 18.2 Å². The second kappa shape index (κ2) is 7.56. The highest BCUT2D eigenvalue weighted by molar-refractivity contribution is 5.97.